The summed E-state index contributed by atoms with van der Waals surface area (Å²) in [6, 6.07) is 0. The van der Waals surface area contributed by atoms with Gasteiger partial charge < -0.3 is 10.3 Å². The van der Waals surface area contributed by atoms with Crippen LogP contribution in [0.3, 0.4) is 0 Å². The van der Waals surface area contributed by atoms with E-state index in [0.717, 1.165) is 0 Å². The van der Waals surface area contributed by atoms with E-state index in [1.807, 2.05) is 0 Å². The first-order valence-electron chi connectivity index (χ1n) is 3.84. The first kappa shape index (κ1) is 11.2. The average Bonchev–Trinajstić information content (AvgIpc) is 2.02. The molecule has 12 heavy (non-hydrogen) atoms. The van der Waals surface area contributed by atoms with Crippen molar-refractivity contribution in [1.29, 1.82) is 0 Å². The molecule has 68 valence electrons. The van der Waals surface area contributed by atoms with Gasteiger partial charge >= 0.3 is 0 Å². The van der Waals surface area contributed by atoms with E-state index in [4.69, 9.17) is 5.73 Å². The Labute approximate surface area is 74.2 Å². The zero-order valence-electron chi connectivity index (χ0n) is 7.28. The van der Waals surface area contributed by atoms with Crippen LogP contribution in [0.1, 0.15) is 0 Å². The highest BCUT2D eigenvalue weighted by atomic mass is 31.2. The van der Waals surface area contributed by atoms with Crippen LogP contribution in [0.5, 0.6) is 0 Å². The van der Waals surface area contributed by atoms with Crippen molar-refractivity contribution in [1.82, 2.24) is 0 Å². The maximum absolute atomic E-state index is 11.9. The van der Waals surface area contributed by atoms with E-state index in [1.54, 1.807) is 18.2 Å². The minimum absolute atomic E-state index is 0.543. The van der Waals surface area contributed by atoms with E-state index in [1.165, 1.54) is 6.20 Å². The van der Waals surface area contributed by atoms with Gasteiger partial charge in [-0.15, -0.1) is 13.2 Å². The normalized spacial score (nSPS) is 11.7. The summed E-state index contributed by atoms with van der Waals surface area (Å²) in [5, 5.41) is 0. The van der Waals surface area contributed by atoms with Gasteiger partial charge in [0.25, 0.3) is 0 Å². The Morgan fingerprint density at radius 3 is 2.00 bits per heavy atom. The summed E-state index contributed by atoms with van der Waals surface area (Å²) in [4.78, 5) is 0. The molecule has 2 N–H and O–H groups in total. The summed E-state index contributed by atoms with van der Waals surface area (Å²) in [5.41, 5.74) is 5.17. The van der Waals surface area contributed by atoms with Crippen LogP contribution in [-0.2, 0) is 4.57 Å². The van der Waals surface area contributed by atoms with Gasteiger partial charge in [0.15, 0.2) is 0 Å². The number of hydrogen-bond donors (Lipinski definition) is 1. The summed E-state index contributed by atoms with van der Waals surface area (Å²) in [5.74, 6) is 0. The van der Waals surface area contributed by atoms with Gasteiger partial charge in [-0.1, -0.05) is 18.2 Å². The van der Waals surface area contributed by atoms with Crippen LogP contribution < -0.4 is 5.73 Å². The molecule has 0 heterocycles. The molecular formula is C9H16NOP. The third kappa shape index (κ3) is 4.20. The number of nitrogens with two attached hydrogens (primary N) is 1. The van der Waals surface area contributed by atoms with Crippen LogP contribution in [0.25, 0.3) is 0 Å². The summed E-state index contributed by atoms with van der Waals surface area (Å²) in [6.07, 6.45) is 8.20. The van der Waals surface area contributed by atoms with Crippen molar-refractivity contribution in [2.24, 2.45) is 5.73 Å². The second kappa shape index (κ2) is 5.84. The van der Waals surface area contributed by atoms with E-state index < -0.39 is 7.14 Å². The van der Waals surface area contributed by atoms with Crippen molar-refractivity contribution in [3.63, 3.8) is 0 Å². The SMILES string of the molecule is C=CCP(=O)(CC=C)CC=CN. The number of allylic oxidation sites excluding steroid dienone is 3. The van der Waals surface area contributed by atoms with Gasteiger partial charge in [-0.25, -0.2) is 0 Å². The highest BCUT2D eigenvalue weighted by molar-refractivity contribution is 7.64. The lowest BCUT2D eigenvalue weighted by molar-refractivity contribution is 0.580. The van der Waals surface area contributed by atoms with E-state index >= 15 is 0 Å². The predicted molar refractivity (Wildman–Crippen MR) is 55.9 cm³/mol. The first-order valence-corrected chi connectivity index (χ1v) is 6.10. The fraction of sp³-hybridized carbons (Fsp3) is 0.333. The van der Waals surface area contributed by atoms with E-state index in [0.29, 0.717) is 18.5 Å². The maximum Gasteiger partial charge on any atom is 0.0985 e. The number of rotatable bonds is 6. The van der Waals surface area contributed by atoms with Crippen LogP contribution in [0, 0.1) is 0 Å². The second-order valence-electron chi connectivity index (χ2n) is 2.61. The van der Waals surface area contributed by atoms with Gasteiger partial charge in [0.1, 0.15) is 0 Å². The summed E-state index contributed by atoms with van der Waals surface area (Å²) >= 11 is 0. The first-order chi connectivity index (χ1) is 5.68. The molecule has 0 fully saturated rings. The molecule has 0 aromatic heterocycles. The van der Waals surface area contributed by atoms with E-state index in [2.05, 4.69) is 13.2 Å². The molecule has 2 nitrogen and oxygen atoms in total. The predicted octanol–water partition coefficient (Wildman–Crippen LogP) is 2.19. The Kier molecular flexibility index (Phi) is 5.48. The lowest BCUT2D eigenvalue weighted by Gasteiger charge is -2.11. The molecular weight excluding hydrogens is 169 g/mol. The van der Waals surface area contributed by atoms with Gasteiger partial charge in [0.05, 0.1) is 7.14 Å². The highest BCUT2D eigenvalue weighted by Crippen LogP contribution is 2.45. The summed E-state index contributed by atoms with van der Waals surface area (Å²) in [6.45, 7) is 7.15. The molecule has 0 bridgehead atoms. The summed E-state index contributed by atoms with van der Waals surface area (Å²) < 4.78 is 11.9. The fourth-order valence-electron chi connectivity index (χ4n) is 0.947. The lowest BCUT2D eigenvalue weighted by Crippen LogP contribution is -1.95. The van der Waals surface area contributed by atoms with Crippen molar-refractivity contribution >= 4 is 7.14 Å². The van der Waals surface area contributed by atoms with E-state index in [-0.39, 0.29) is 0 Å². The molecule has 0 aliphatic carbocycles. The third-order valence-corrected chi connectivity index (χ3v) is 4.22. The zero-order valence-corrected chi connectivity index (χ0v) is 8.17. The number of hydrogen-bond acceptors (Lipinski definition) is 2. The smallest absolute Gasteiger partial charge is 0.0985 e. The monoisotopic (exact) mass is 185 g/mol. The topological polar surface area (TPSA) is 43.1 Å². The molecule has 0 atom stereocenters. The van der Waals surface area contributed by atoms with Crippen molar-refractivity contribution < 1.29 is 4.57 Å². The molecule has 0 saturated heterocycles. The van der Waals surface area contributed by atoms with Gasteiger partial charge in [0.2, 0.25) is 0 Å². The van der Waals surface area contributed by atoms with Crippen molar-refractivity contribution in [3.8, 4) is 0 Å². The molecule has 0 aliphatic rings. The second-order valence-corrected chi connectivity index (χ2v) is 5.82. The molecule has 0 rings (SSSR count). The Bertz CT molecular complexity index is 207. The standard InChI is InChI=1S/C9H16NOP/c1-3-7-12(11,8-4-2)9-5-6-10/h3-6H,1-2,7-10H2. The quantitative estimate of drug-likeness (QED) is 0.509. The molecule has 0 amide bonds. The maximum atomic E-state index is 11.9. The Hall–Kier alpha value is -0.750. The molecule has 0 aliphatic heterocycles. The lowest BCUT2D eigenvalue weighted by atomic mass is 10.7. The molecule has 0 saturated carbocycles. The van der Waals surface area contributed by atoms with Crippen molar-refractivity contribution in [2.75, 3.05) is 18.5 Å². The molecule has 0 spiro atoms. The molecule has 0 aromatic rings. The van der Waals surface area contributed by atoms with Gasteiger partial charge in [-0.05, 0) is 6.20 Å². The average molecular weight is 185 g/mol. The Morgan fingerprint density at radius 1 is 1.17 bits per heavy atom. The molecule has 0 radical (unpaired) electrons. The van der Waals surface area contributed by atoms with Crippen molar-refractivity contribution in [2.45, 2.75) is 0 Å². The Balaban J connectivity index is 4.26. The molecule has 3 heteroatoms. The fourth-order valence-corrected chi connectivity index (χ4v) is 2.84. The zero-order chi connectivity index (χ0) is 9.45. The van der Waals surface area contributed by atoms with Crippen molar-refractivity contribution in [3.05, 3.63) is 37.6 Å². The van der Waals surface area contributed by atoms with Gasteiger partial charge in [0, 0.05) is 18.5 Å². The molecule has 0 unspecified atom stereocenters. The van der Waals surface area contributed by atoms with Gasteiger partial charge in [-0.2, -0.15) is 0 Å². The summed E-state index contributed by atoms with van der Waals surface area (Å²) in [7, 11) is -2.14. The van der Waals surface area contributed by atoms with Crippen LogP contribution in [0.4, 0.5) is 0 Å². The van der Waals surface area contributed by atoms with Crippen LogP contribution in [-0.4, -0.2) is 18.5 Å². The largest absolute Gasteiger partial charge is 0.405 e. The molecule has 0 aromatic carbocycles. The van der Waals surface area contributed by atoms with Gasteiger partial charge in [-0.3, -0.25) is 0 Å². The third-order valence-electron chi connectivity index (χ3n) is 1.50. The van der Waals surface area contributed by atoms with Crippen LogP contribution >= 0.6 is 7.14 Å². The minimum atomic E-state index is -2.14. The van der Waals surface area contributed by atoms with Crippen LogP contribution in [0.2, 0.25) is 0 Å². The Morgan fingerprint density at radius 2 is 1.67 bits per heavy atom. The highest BCUT2D eigenvalue weighted by Gasteiger charge is 2.15. The minimum Gasteiger partial charge on any atom is -0.405 e. The van der Waals surface area contributed by atoms with Crippen LogP contribution in [0.15, 0.2) is 37.6 Å². The van der Waals surface area contributed by atoms with E-state index in [9.17, 15) is 4.57 Å².